The Morgan fingerprint density at radius 3 is 2.35 bits per heavy atom. The summed E-state index contributed by atoms with van der Waals surface area (Å²) in [5.41, 5.74) is 0.261. The van der Waals surface area contributed by atoms with Crippen LogP contribution in [0.5, 0.6) is 0 Å². The molecule has 1 N–H and O–H groups in total. The molecule has 17 heavy (non-hydrogen) atoms. The standard InChI is InChI=1S/C13H18BrNO2/c1-9(10-5-7-11(14)8-6-10)15-12(16)13(2,3)17-4/h5-9H,1-4H3,(H,15,16)/t9-/m1/s1. The number of nitrogens with one attached hydrogen (secondary N) is 1. The lowest BCUT2D eigenvalue weighted by Gasteiger charge is -2.24. The van der Waals surface area contributed by atoms with Gasteiger partial charge < -0.3 is 10.1 Å². The molecule has 0 unspecified atom stereocenters. The van der Waals surface area contributed by atoms with Crippen LogP contribution in [0.25, 0.3) is 0 Å². The molecule has 1 aromatic rings. The van der Waals surface area contributed by atoms with E-state index in [0.717, 1.165) is 10.0 Å². The molecule has 0 radical (unpaired) electrons. The minimum Gasteiger partial charge on any atom is -0.369 e. The normalized spacial score (nSPS) is 13.2. The summed E-state index contributed by atoms with van der Waals surface area (Å²) in [6.45, 7) is 5.44. The van der Waals surface area contributed by atoms with E-state index in [9.17, 15) is 4.79 Å². The van der Waals surface area contributed by atoms with Crippen LogP contribution in [0.2, 0.25) is 0 Å². The molecule has 0 fully saturated rings. The highest BCUT2D eigenvalue weighted by atomic mass is 79.9. The van der Waals surface area contributed by atoms with E-state index in [1.807, 2.05) is 31.2 Å². The molecule has 3 nitrogen and oxygen atoms in total. The third kappa shape index (κ3) is 3.82. The Bertz CT molecular complexity index is 387. The second-order valence-corrected chi connectivity index (χ2v) is 5.38. The molecule has 0 spiro atoms. The van der Waals surface area contributed by atoms with Crippen LogP contribution in [-0.2, 0) is 9.53 Å². The van der Waals surface area contributed by atoms with Crippen molar-refractivity contribution in [1.29, 1.82) is 0 Å². The van der Waals surface area contributed by atoms with E-state index in [1.54, 1.807) is 13.8 Å². The largest absolute Gasteiger partial charge is 0.369 e. The highest BCUT2D eigenvalue weighted by Crippen LogP contribution is 2.18. The lowest BCUT2D eigenvalue weighted by molar-refractivity contribution is -0.140. The SMILES string of the molecule is COC(C)(C)C(=O)N[C@H](C)c1ccc(Br)cc1. The minimum absolute atomic E-state index is 0.0370. The van der Waals surface area contributed by atoms with Crippen molar-refractivity contribution >= 4 is 21.8 Å². The molecule has 0 aliphatic rings. The van der Waals surface area contributed by atoms with E-state index < -0.39 is 5.60 Å². The van der Waals surface area contributed by atoms with Crippen LogP contribution in [-0.4, -0.2) is 18.6 Å². The average molecular weight is 300 g/mol. The van der Waals surface area contributed by atoms with Gasteiger partial charge in [-0.05, 0) is 38.5 Å². The zero-order valence-corrected chi connectivity index (χ0v) is 12.2. The number of benzene rings is 1. The van der Waals surface area contributed by atoms with Crippen molar-refractivity contribution < 1.29 is 9.53 Å². The molecule has 0 aliphatic heterocycles. The van der Waals surface area contributed by atoms with Gasteiger partial charge in [0, 0.05) is 11.6 Å². The first-order chi connectivity index (χ1) is 7.86. The Balaban J connectivity index is 2.70. The van der Waals surface area contributed by atoms with Crippen LogP contribution < -0.4 is 5.32 Å². The molecule has 0 saturated carbocycles. The van der Waals surface area contributed by atoms with E-state index in [2.05, 4.69) is 21.2 Å². The second-order valence-electron chi connectivity index (χ2n) is 4.46. The molecule has 1 rings (SSSR count). The van der Waals surface area contributed by atoms with Gasteiger partial charge in [0.05, 0.1) is 6.04 Å². The van der Waals surface area contributed by atoms with Gasteiger partial charge in [0.2, 0.25) is 0 Å². The predicted octanol–water partition coefficient (Wildman–Crippen LogP) is 3.05. The monoisotopic (exact) mass is 299 g/mol. The fourth-order valence-electron chi connectivity index (χ4n) is 1.30. The lowest BCUT2D eigenvalue weighted by Crippen LogP contribution is -2.44. The van der Waals surface area contributed by atoms with Gasteiger partial charge in [-0.25, -0.2) is 0 Å². The average Bonchev–Trinajstić information content (AvgIpc) is 2.29. The van der Waals surface area contributed by atoms with Crippen molar-refractivity contribution in [3.63, 3.8) is 0 Å². The third-order valence-electron chi connectivity index (χ3n) is 2.77. The number of ether oxygens (including phenoxy) is 1. The van der Waals surface area contributed by atoms with Gasteiger partial charge in [-0.3, -0.25) is 4.79 Å². The number of carbonyl (C=O) groups is 1. The van der Waals surface area contributed by atoms with Crippen LogP contribution in [0.4, 0.5) is 0 Å². The Hall–Kier alpha value is -0.870. The molecule has 0 bridgehead atoms. The van der Waals surface area contributed by atoms with Crippen molar-refractivity contribution in [3.8, 4) is 0 Å². The number of amides is 1. The second kappa shape index (κ2) is 5.65. The molecule has 94 valence electrons. The number of methoxy groups -OCH3 is 1. The molecule has 0 aromatic heterocycles. The first-order valence-corrected chi connectivity index (χ1v) is 6.27. The van der Waals surface area contributed by atoms with Gasteiger partial charge in [0.25, 0.3) is 5.91 Å². The van der Waals surface area contributed by atoms with Gasteiger partial charge in [-0.1, -0.05) is 28.1 Å². The molecule has 0 heterocycles. The van der Waals surface area contributed by atoms with Crippen molar-refractivity contribution in [2.24, 2.45) is 0 Å². The summed E-state index contributed by atoms with van der Waals surface area (Å²) >= 11 is 3.38. The maximum Gasteiger partial charge on any atom is 0.252 e. The van der Waals surface area contributed by atoms with Gasteiger partial charge in [-0.2, -0.15) is 0 Å². The molecule has 1 atom stereocenters. The fraction of sp³-hybridized carbons (Fsp3) is 0.462. The molecule has 0 aliphatic carbocycles. The topological polar surface area (TPSA) is 38.3 Å². The van der Waals surface area contributed by atoms with E-state index in [1.165, 1.54) is 7.11 Å². The summed E-state index contributed by atoms with van der Waals surface area (Å²) in [5, 5.41) is 2.93. The van der Waals surface area contributed by atoms with Crippen molar-refractivity contribution in [2.75, 3.05) is 7.11 Å². The van der Waals surface area contributed by atoms with Gasteiger partial charge in [0.1, 0.15) is 5.60 Å². The predicted molar refractivity (Wildman–Crippen MR) is 71.8 cm³/mol. The Morgan fingerprint density at radius 1 is 1.35 bits per heavy atom. The van der Waals surface area contributed by atoms with E-state index in [-0.39, 0.29) is 11.9 Å². The summed E-state index contributed by atoms with van der Waals surface area (Å²) in [6.07, 6.45) is 0. The number of carbonyl (C=O) groups excluding carboxylic acids is 1. The van der Waals surface area contributed by atoms with Crippen molar-refractivity contribution in [2.45, 2.75) is 32.4 Å². The zero-order valence-electron chi connectivity index (χ0n) is 10.6. The molecule has 4 heteroatoms. The maximum absolute atomic E-state index is 11.9. The van der Waals surface area contributed by atoms with Crippen LogP contribution in [0.3, 0.4) is 0 Å². The van der Waals surface area contributed by atoms with Crippen LogP contribution >= 0.6 is 15.9 Å². The molecule has 0 saturated heterocycles. The Morgan fingerprint density at radius 2 is 1.88 bits per heavy atom. The van der Waals surface area contributed by atoms with E-state index in [4.69, 9.17) is 4.74 Å². The number of hydrogen-bond donors (Lipinski definition) is 1. The number of halogens is 1. The van der Waals surface area contributed by atoms with Crippen molar-refractivity contribution in [1.82, 2.24) is 5.32 Å². The minimum atomic E-state index is -0.802. The van der Waals surface area contributed by atoms with Crippen LogP contribution in [0.1, 0.15) is 32.4 Å². The third-order valence-corrected chi connectivity index (χ3v) is 3.30. The highest BCUT2D eigenvalue weighted by Gasteiger charge is 2.28. The Kier molecular flexibility index (Phi) is 4.71. The van der Waals surface area contributed by atoms with Crippen LogP contribution in [0, 0.1) is 0 Å². The van der Waals surface area contributed by atoms with E-state index >= 15 is 0 Å². The van der Waals surface area contributed by atoms with Crippen LogP contribution in [0.15, 0.2) is 28.7 Å². The van der Waals surface area contributed by atoms with Gasteiger partial charge >= 0.3 is 0 Å². The highest BCUT2D eigenvalue weighted by molar-refractivity contribution is 9.10. The fourth-order valence-corrected chi connectivity index (χ4v) is 1.56. The molecular formula is C13H18BrNO2. The Labute approximate surface area is 111 Å². The summed E-state index contributed by atoms with van der Waals surface area (Å²) in [4.78, 5) is 11.9. The lowest BCUT2D eigenvalue weighted by atomic mass is 10.1. The van der Waals surface area contributed by atoms with E-state index in [0.29, 0.717) is 0 Å². The smallest absolute Gasteiger partial charge is 0.252 e. The molecule has 1 amide bonds. The first-order valence-electron chi connectivity index (χ1n) is 5.48. The summed E-state index contributed by atoms with van der Waals surface area (Å²) in [7, 11) is 1.53. The van der Waals surface area contributed by atoms with Crippen molar-refractivity contribution in [3.05, 3.63) is 34.3 Å². The molecular weight excluding hydrogens is 282 g/mol. The number of hydrogen-bond acceptors (Lipinski definition) is 2. The summed E-state index contributed by atoms with van der Waals surface area (Å²) in [6, 6.07) is 7.84. The maximum atomic E-state index is 11.9. The molecule has 1 aromatic carbocycles. The zero-order chi connectivity index (χ0) is 13.1. The van der Waals surface area contributed by atoms with Gasteiger partial charge in [0.15, 0.2) is 0 Å². The first kappa shape index (κ1) is 14.2. The summed E-state index contributed by atoms with van der Waals surface area (Å²) in [5.74, 6) is -0.115. The number of rotatable bonds is 4. The quantitative estimate of drug-likeness (QED) is 0.928. The summed E-state index contributed by atoms with van der Waals surface area (Å²) < 4.78 is 6.16. The van der Waals surface area contributed by atoms with Gasteiger partial charge in [-0.15, -0.1) is 0 Å².